The largest absolute Gasteiger partial charge is 0.397 e. The quantitative estimate of drug-likeness (QED) is 0.675. The molecule has 1 fully saturated rings. The van der Waals surface area contributed by atoms with Crippen LogP contribution in [0.3, 0.4) is 0 Å². The van der Waals surface area contributed by atoms with Crippen molar-refractivity contribution in [1.29, 1.82) is 0 Å². The predicted octanol–water partition coefficient (Wildman–Crippen LogP) is -0.399. The molecule has 0 radical (unpaired) electrons. The van der Waals surface area contributed by atoms with Gasteiger partial charge in [0, 0.05) is 24.7 Å². The number of pyridine rings is 1. The molecule has 4 N–H and O–H groups in total. The van der Waals surface area contributed by atoms with Crippen molar-refractivity contribution in [3.05, 3.63) is 24.0 Å². The average molecular weight is 248 g/mol. The van der Waals surface area contributed by atoms with Crippen molar-refractivity contribution in [3.63, 3.8) is 0 Å². The van der Waals surface area contributed by atoms with Gasteiger partial charge in [0.1, 0.15) is 0 Å². The minimum atomic E-state index is -0.103. The number of amides is 2. The standard InChI is InChI=1S/C12H16N4O2/c13-8-1-2-9(14-6-8)5-12(18)15-7-10-3-4-11(17)16-10/h1-2,6,10H,3-5,7,13H2,(H,15,18)(H,16,17). The first-order valence-electron chi connectivity index (χ1n) is 5.90. The van der Waals surface area contributed by atoms with Crippen molar-refractivity contribution < 1.29 is 9.59 Å². The number of hydrogen-bond donors (Lipinski definition) is 3. The maximum absolute atomic E-state index is 11.6. The van der Waals surface area contributed by atoms with E-state index < -0.39 is 0 Å². The van der Waals surface area contributed by atoms with Crippen molar-refractivity contribution >= 4 is 17.5 Å². The van der Waals surface area contributed by atoms with Gasteiger partial charge >= 0.3 is 0 Å². The first-order chi connectivity index (χ1) is 8.63. The lowest BCUT2D eigenvalue weighted by Gasteiger charge is -2.11. The van der Waals surface area contributed by atoms with Crippen LogP contribution in [0.4, 0.5) is 5.69 Å². The van der Waals surface area contributed by atoms with E-state index in [1.165, 1.54) is 6.20 Å². The van der Waals surface area contributed by atoms with Crippen LogP contribution in [0.15, 0.2) is 18.3 Å². The minimum absolute atomic E-state index is 0.0504. The zero-order chi connectivity index (χ0) is 13.0. The Morgan fingerprint density at radius 1 is 1.56 bits per heavy atom. The normalized spacial score (nSPS) is 18.4. The summed E-state index contributed by atoms with van der Waals surface area (Å²) in [6, 6.07) is 3.50. The van der Waals surface area contributed by atoms with E-state index in [-0.39, 0.29) is 24.3 Å². The minimum Gasteiger partial charge on any atom is -0.397 e. The highest BCUT2D eigenvalue weighted by atomic mass is 16.2. The van der Waals surface area contributed by atoms with Gasteiger partial charge in [-0.1, -0.05) is 0 Å². The van der Waals surface area contributed by atoms with Crippen molar-refractivity contribution in [1.82, 2.24) is 15.6 Å². The van der Waals surface area contributed by atoms with Crippen LogP contribution in [0.2, 0.25) is 0 Å². The van der Waals surface area contributed by atoms with Gasteiger partial charge in [0.25, 0.3) is 0 Å². The van der Waals surface area contributed by atoms with E-state index in [1.54, 1.807) is 12.1 Å². The number of aromatic nitrogens is 1. The fraction of sp³-hybridized carbons (Fsp3) is 0.417. The zero-order valence-corrected chi connectivity index (χ0v) is 9.98. The Balaban J connectivity index is 1.75. The molecule has 6 nitrogen and oxygen atoms in total. The second-order valence-corrected chi connectivity index (χ2v) is 4.37. The number of carbonyl (C=O) groups excluding carboxylic acids is 2. The Kier molecular flexibility index (Phi) is 3.76. The van der Waals surface area contributed by atoms with Crippen LogP contribution in [0.5, 0.6) is 0 Å². The van der Waals surface area contributed by atoms with Gasteiger partial charge < -0.3 is 16.4 Å². The molecule has 2 amide bonds. The summed E-state index contributed by atoms with van der Waals surface area (Å²) in [6.07, 6.45) is 3.07. The number of carbonyl (C=O) groups is 2. The molecule has 1 atom stereocenters. The average Bonchev–Trinajstić information content (AvgIpc) is 2.76. The summed E-state index contributed by atoms with van der Waals surface area (Å²) >= 11 is 0. The van der Waals surface area contributed by atoms with E-state index in [2.05, 4.69) is 15.6 Å². The maximum Gasteiger partial charge on any atom is 0.226 e. The maximum atomic E-state index is 11.6. The molecular weight excluding hydrogens is 232 g/mol. The number of nitrogens with zero attached hydrogens (tertiary/aromatic N) is 1. The van der Waals surface area contributed by atoms with Gasteiger partial charge in [-0.3, -0.25) is 14.6 Å². The second-order valence-electron chi connectivity index (χ2n) is 4.37. The highest BCUT2D eigenvalue weighted by Crippen LogP contribution is 2.05. The van der Waals surface area contributed by atoms with Gasteiger partial charge in [-0.25, -0.2) is 0 Å². The van der Waals surface area contributed by atoms with Crippen LogP contribution in [-0.2, 0) is 16.0 Å². The molecule has 18 heavy (non-hydrogen) atoms. The topological polar surface area (TPSA) is 97.1 Å². The third-order valence-electron chi connectivity index (χ3n) is 2.82. The molecule has 1 aromatic rings. The first-order valence-corrected chi connectivity index (χ1v) is 5.90. The van der Waals surface area contributed by atoms with Gasteiger partial charge in [-0.15, -0.1) is 0 Å². The number of nitrogens with one attached hydrogen (secondary N) is 2. The summed E-state index contributed by atoms with van der Waals surface area (Å²) in [5.74, 6) is -0.0529. The van der Waals surface area contributed by atoms with E-state index in [4.69, 9.17) is 5.73 Å². The van der Waals surface area contributed by atoms with Crippen LogP contribution in [0.25, 0.3) is 0 Å². The van der Waals surface area contributed by atoms with Gasteiger partial charge in [0.05, 0.1) is 18.3 Å². The first kappa shape index (κ1) is 12.3. The monoisotopic (exact) mass is 248 g/mol. The molecular formula is C12H16N4O2. The SMILES string of the molecule is Nc1ccc(CC(=O)NCC2CCC(=O)N2)nc1. The molecule has 1 aromatic heterocycles. The smallest absolute Gasteiger partial charge is 0.226 e. The van der Waals surface area contributed by atoms with E-state index in [1.807, 2.05) is 0 Å². The second kappa shape index (κ2) is 5.48. The highest BCUT2D eigenvalue weighted by molar-refractivity contribution is 5.80. The molecule has 0 aliphatic carbocycles. The van der Waals surface area contributed by atoms with E-state index in [9.17, 15) is 9.59 Å². The van der Waals surface area contributed by atoms with E-state index >= 15 is 0 Å². The molecule has 96 valence electrons. The third-order valence-corrected chi connectivity index (χ3v) is 2.82. The Bertz CT molecular complexity index is 444. The molecule has 2 rings (SSSR count). The number of nitrogen functional groups attached to an aromatic ring is 1. The summed E-state index contributed by atoms with van der Waals surface area (Å²) in [5, 5.41) is 5.58. The van der Waals surface area contributed by atoms with Gasteiger partial charge in [0.15, 0.2) is 0 Å². The molecule has 6 heteroatoms. The molecule has 2 heterocycles. The summed E-state index contributed by atoms with van der Waals surface area (Å²) in [5.41, 5.74) is 6.76. The summed E-state index contributed by atoms with van der Waals surface area (Å²) < 4.78 is 0. The molecule has 1 aliphatic heterocycles. The van der Waals surface area contributed by atoms with Gasteiger partial charge in [-0.2, -0.15) is 0 Å². The fourth-order valence-corrected chi connectivity index (χ4v) is 1.83. The Hall–Kier alpha value is -2.11. The third kappa shape index (κ3) is 3.44. The van der Waals surface area contributed by atoms with Crippen LogP contribution in [0.1, 0.15) is 18.5 Å². The van der Waals surface area contributed by atoms with Crippen LogP contribution in [-0.4, -0.2) is 29.4 Å². The van der Waals surface area contributed by atoms with Crippen molar-refractivity contribution in [2.45, 2.75) is 25.3 Å². The van der Waals surface area contributed by atoms with Crippen LogP contribution in [0, 0.1) is 0 Å². The number of nitrogens with two attached hydrogens (primary N) is 1. The lowest BCUT2D eigenvalue weighted by atomic mass is 10.2. The van der Waals surface area contributed by atoms with Crippen molar-refractivity contribution in [2.75, 3.05) is 12.3 Å². The number of rotatable bonds is 4. The molecule has 0 saturated carbocycles. The fourth-order valence-electron chi connectivity index (χ4n) is 1.83. The molecule has 0 aromatic carbocycles. The predicted molar refractivity (Wildman–Crippen MR) is 66.5 cm³/mol. The van der Waals surface area contributed by atoms with Gasteiger partial charge in [-0.05, 0) is 18.6 Å². The number of anilines is 1. The molecule has 0 spiro atoms. The summed E-state index contributed by atoms with van der Waals surface area (Å²) in [6.45, 7) is 0.472. The lowest BCUT2D eigenvalue weighted by Crippen LogP contribution is -2.39. The Labute approximate surface area is 105 Å². The van der Waals surface area contributed by atoms with Gasteiger partial charge in [0.2, 0.25) is 11.8 Å². The highest BCUT2D eigenvalue weighted by Gasteiger charge is 2.20. The zero-order valence-electron chi connectivity index (χ0n) is 9.98. The molecule has 1 aliphatic rings. The molecule has 1 unspecified atom stereocenters. The van der Waals surface area contributed by atoms with Crippen molar-refractivity contribution in [3.8, 4) is 0 Å². The summed E-state index contributed by atoms with van der Waals surface area (Å²) in [7, 11) is 0. The Morgan fingerprint density at radius 2 is 2.39 bits per heavy atom. The lowest BCUT2D eigenvalue weighted by molar-refractivity contribution is -0.121. The molecule has 0 bridgehead atoms. The Morgan fingerprint density at radius 3 is 3.00 bits per heavy atom. The van der Waals surface area contributed by atoms with Crippen molar-refractivity contribution in [2.24, 2.45) is 0 Å². The van der Waals surface area contributed by atoms with E-state index in [0.717, 1.165) is 6.42 Å². The molecule has 1 saturated heterocycles. The van der Waals surface area contributed by atoms with Crippen LogP contribution >= 0.6 is 0 Å². The van der Waals surface area contributed by atoms with Crippen LogP contribution < -0.4 is 16.4 Å². The van der Waals surface area contributed by atoms with E-state index in [0.29, 0.717) is 24.3 Å². The summed E-state index contributed by atoms with van der Waals surface area (Å²) in [4.78, 5) is 26.7. The number of hydrogen-bond acceptors (Lipinski definition) is 4.